The maximum absolute atomic E-state index is 12.8. The van der Waals surface area contributed by atoms with Gasteiger partial charge in [0.05, 0.1) is 23.0 Å². The van der Waals surface area contributed by atoms with Crippen molar-refractivity contribution in [2.45, 2.75) is 5.92 Å². The highest BCUT2D eigenvalue weighted by Crippen LogP contribution is 2.45. The first-order chi connectivity index (χ1) is 13.5. The van der Waals surface area contributed by atoms with Gasteiger partial charge in [0.15, 0.2) is 0 Å². The fraction of sp³-hybridized carbons (Fsp3) is 0.200. The number of nitro benzene ring substituents is 1. The molecule has 2 atom stereocenters. The molecule has 1 aliphatic rings. The summed E-state index contributed by atoms with van der Waals surface area (Å²) in [5.74, 6) is -2.21. The lowest BCUT2D eigenvalue weighted by molar-refractivity contribution is -0.385. The van der Waals surface area contributed by atoms with Crippen molar-refractivity contribution in [1.29, 1.82) is 0 Å². The standard InChI is InChI=1S/C20H15NO7/c1-26-19(22)13-10-27-18-12-7-3-5-9-15(12)28-20(23)17(18)16(13)11-6-2-4-8-14(11)21(24)25/h2-9,13,16H,10H2,1H3/t13-,16-/m1/s1. The van der Waals surface area contributed by atoms with E-state index in [1.807, 2.05) is 0 Å². The fourth-order valence-electron chi connectivity index (χ4n) is 3.67. The highest BCUT2D eigenvalue weighted by molar-refractivity contribution is 5.86. The first-order valence-electron chi connectivity index (χ1n) is 8.52. The normalized spacial score (nSPS) is 18.2. The first kappa shape index (κ1) is 17.7. The Bertz CT molecular complexity index is 1150. The van der Waals surface area contributed by atoms with Crippen LogP contribution >= 0.6 is 0 Å². The molecule has 0 aliphatic carbocycles. The number of hydrogen-bond acceptors (Lipinski definition) is 7. The van der Waals surface area contributed by atoms with Crippen LogP contribution in [-0.4, -0.2) is 24.6 Å². The van der Waals surface area contributed by atoms with Gasteiger partial charge in [-0.1, -0.05) is 30.3 Å². The van der Waals surface area contributed by atoms with E-state index in [-0.39, 0.29) is 29.2 Å². The topological polar surface area (TPSA) is 109 Å². The summed E-state index contributed by atoms with van der Waals surface area (Å²) in [6.45, 7) is -0.0795. The van der Waals surface area contributed by atoms with Crippen LogP contribution in [0.4, 0.5) is 5.69 Å². The van der Waals surface area contributed by atoms with Gasteiger partial charge in [-0.15, -0.1) is 0 Å². The minimum absolute atomic E-state index is 0.0784. The van der Waals surface area contributed by atoms with Crippen LogP contribution in [-0.2, 0) is 9.53 Å². The maximum atomic E-state index is 12.8. The lowest BCUT2D eigenvalue weighted by Crippen LogP contribution is -2.37. The maximum Gasteiger partial charge on any atom is 0.343 e. The third-order valence-corrected chi connectivity index (χ3v) is 4.89. The number of para-hydroxylation sites is 2. The third-order valence-electron chi connectivity index (χ3n) is 4.89. The van der Waals surface area contributed by atoms with Crippen LogP contribution in [0.25, 0.3) is 11.0 Å². The second-order valence-corrected chi connectivity index (χ2v) is 6.36. The second kappa shape index (κ2) is 6.80. The molecular weight excluding hydrogens is 366 g/mol. The zero-order valence-corrected chi connectivity index (χ0v) is 14.8. The van der Waals surface area contributed by atoms with Crippen LogP contribution in [0.15, 0.2) is 57.7 Å². The summed E-state index contributed by atoms with van der Waals surface area (Å²) in [6, 6.07) is 12.9. The Kier molecular flexibility index (Phi) is 4.31. The number of ether oxygens (including phenoxy) is 2. The Morgan fingerprint density at radius 3 is 2.64 bits per heavy atom. The van der Waals surface area contributed by atoms with Gasteiger partial charge >= 0.3 is 11.6 Å². The monoisotopic (exact) mass is 381 g/mol. The van der Waals surface area contributed by atoms with Crippen LogP contribution < -0.4 is 10.4 Å². The molecule has 0 bridgehead atoms. The highest BCUT2D eigenvalue weighted by Gasteiger charge is 2.43. The summed E-state index contributed by atoms with van der Waals surface area (Å²) in [5.41, 5.74) is -0.249. The van der Waals surface area contributed by atoms with Crippen molar-refractivity contribution in [2.24, 2.45) is 5.92 Å². The molecule has 0 unspecified atom stereocenters. The number of rotatable bonds is 3. The molecule has 4 rings (SSSR count). The molecule has 8 nitrogen and oxygen atoms in total. The average Bonchev–Trinajstić information content (AvgIpc) is 2.72. The molecule has 8 heteroatoms. The number of esters is 1. The van der Waals surface area contributed by atoms with E-state index in [4.69, 9.17) is 13.9 Å². The Balaban J connectivity index is 2.05. The fourth-order valence-corrected chi connectivity index (χ4v) is 3.67. The Labute approximate surface area is 158 Å². The number of nitro groups is 1. The molecule has 0 fully saturated rings. The van der Waals surface area contributed by atoms with Crippen LogP contribution in [0.5, 0.6) is 5.75 Å². The summed E-state index contributed by atoms with van der Waals surface area (Å²) in [6.07, 6.45) is 0. The summed E-state index contributed by atoms with van der Waals surface area (Å²) in [4.78, 5) is 36.3. The molecule has 0 amide bonds. The van der Waals surface area contributed by atoms with Gasteiger partial charge < -0.3 is 13.9 Å². The van der Waals surface area contributed by atoms with Crippen LogP contribution in [0.1, 0.15) is 17.0 Å². The number of carbonyl (C=O) groups is 1. The average molecular weight is 381 g/mol. The summed E-state index contributed by atoms with van der Waals surface area (Å²) < 4.78 is 16.1. The molecular formula is C20H15NO7. The number of carbonyl (C=O) groups excluding carboxylic acids is 1. The van der Waals surface area contributed by atoms with Gasteiger partial charge in [-0.2, -0.15) is 0 Å². The van der Waals surface area contributed by atoms with Gasteiger partial charge in [0.2, 0.25) is 0 Å². The summed E-state index contributed by atoms with van der Waals surface area (Å²) in [5, 5.41) is 12.1. The lowest BCUT2D eigenvalue weighted by Gasteiger charge is -2.31. The van der Waals surface area contributed by atoms with Crippen LogP contribution in [0.2, 0.25) is 0 Å². The molecule has 0 spiro atoms. The molecule has 0 N–H and O–H groups in total. The van der Waals surface area contributed by atoms with Gasteiger partial charge in [-0.3, -0.25) is 14.9 Å². The molecule has 0 saturated heterocycles. The number of fused-ring (bicyclic) bond motifs is 3. The molecule has 0 saturated carbocycles. The molecule has 2 aromatic carbocycles. The number of hydrogen-bond donors (Lipinski definition) is 0. The third kappa shape index (κ3) is 2.70. The second-order valence-electron chi connectivity index (χ2n) is 6.36. The van der Waals surface area contributed by atoms with E-state index in [9.17, 15) is 19.7 Å². The quantitative estimate of drug-likeness (QED) is 0.297. The van der Waals surface area contributed by atoms with Crippen molar-refractivity contribution >= 4 is 22.6 Å². The highest BCUT2D eigenvalue weighted by atomic mass is 16.6. The minimum Gasteiger partial charge on any atom is -0.491 e. The minimum atomic E-state index is -0.932. The molecule has 0 radical (unpaired) electrons. The van der Waals surface area contributed by atoms with Gasteiger partial charge in [0.1, 0.15) is 23.9 Å². The SMILES string of the molecule is COC(=O)[C@@H]1COc2c(c(=O)oc3ccccc23)[C@@H]1c1ccccc1[N+](=O)[O-]. The number of benzene rings is 2. The lowest BCUT2D eigenvalue weighted by atomic mass is 9.78. The Hall–Kier alpha value is -3.68. The van der Waals surface area contributed by atoms with Crippen molar-refractivity contribution in [1.82, 2.24) is 0 Å². The Morgan fingerprint density at radius 2 is 1.89 bits per heavy atom. The van der Waals surface area contributed by atoms with E-state index in [0.29, 0.717) is 11.0 Å². The predicted molar refractivity (Wildman–Crippen MR) is 98.4 cm³/mol. The molecule has 3 aromatic rings. The van der Waals surface area contributed by atoms with Gasteiger partial charge in [0.25, 0.3) is 5.69 Å². The van der Waals surface area contributed by atoms with E-state index in [1.54, 1.807) is 30.3 Å². The zero-order valence-electron chi connectivity index (χ0n) is 14.8. The zero-order chi connectivity index (χ0) is 19.8. The first-order valence-corrected chi connectivity index (χ1v) is 8.52. The predicted octanol–water partition coefficient (Wildman–Crippen LogP) is 3.01. The van der Waals surface area contributed by atoms with Gasteiger partial charge in [0, 0.05) is 17.5 Å². The van der Waals surface area contributed by atoms with Crippen LogP contribution in [0, 0.1) is 16.0 Å². The van der Waals surface area contributed by atoms with E-state index >= 15 is 0 Å². The molecule has 1 aliphatic heterocycles. The number of nitrogens with zero attached hydrogens (tertiary/aromatic N) is 1. The molecule has 2 heterocycles. The summed E-state index contributed by atoms with van der Waals surface area (Å²) >= 11 is 0. The molecule has 1 aromatic heterocycles. The van der Waals surface area contributed by atoms with Crippen molar-refractivity contribution in [3.8, 4) is 5.75 Å². The van der Waals surface area contributed by atoms with E-state index in [0.717, 1.165) is 0 Å². The van der Waals surface area contributed by atoms with Gasteiger partial charge in [-0.25, -0.2) is 4.79 Å². The van der Waals surface area contributed by atoms with E-state index in [2.05, 4.69) is 0 Å². The van der Waals surface area contributed by atoms with Crippen molar-refractivity contribution < 1.29 is 23.6 Å². The van der Waals surface area contributed by atoms with Gasteiger partial charge in [-0.05, 0) is 12.1 Å². The Morgan fingerprint density at radius 1 is 1.18 bits per heavy atom. The van der Waals surface area contributed by atoms with Crippen LogP contribution in [0.3, 0.4) is 0 Å². The van der Waals surface area contributed by atoms with E-state index in [1.165, 1.54) is 25.3 Å². The van der Waals surface area contributed by atoms with E-state index < -0.39 is 28.4 Å². The van der Waals surface area contributed by atoms with Crippen molar-refractivity contribution in [3.05, 3.63) is 80.2 Å². The largest absolute Gasteiger partial charge is 0.491 e. The summed E-state index contributed by atoms with van der Waals surface area (Å²) in [7, 11) is 1.22. The molecule has 142 valence electrons. The van der Waals surface area contributed by atoms with Crippen molar-refractivity contribution in [2.75, 3.05) is 13.7 Å². The molecule has 28 heavy (non-hydrogen) atoms. The van der Waals surface area contributed by atoms with Crippen molar-refractivity contribution in [3.63, 3.8) is 0 Å². The number of methoxy groups -OCH3 is 1. The smallest absolute Gasteiger partial charge is 0.343 e.